The van der Waals surface area contributed by atoms with Crippen LogP contribution in [0, 0.1) is 0 Å². The van der Waals surface area contributed by atoms with Crippen molar-refractivity contribution in [2.24, 2.45) is 0 Å². The Morgan fingerprint density at radius 2 is 2.10 bits per heavy atom. The molecule has 1 aliphatic carbocycles. The molecular weight excluding hydrogens is 280 g/mol. The predicted molar refractivity (Wildman–Crippen MR) is 77.3 cm³/mol. The van der Waals surface area contributed by atoms with E-state index in [4.69, 9.17) is 16.3 Å². The lowest BCUT2D eigenvalue weighted by Crippen LogP contribution is -2.37. The quantitative estimate of drug-likeness (QED) is 0.820. The van der Waals surface area contributed by atoms with E-state index in [2.05, 4.69) is 20.2 Å². The molecule has 0 aromatic carbocycles. The van der Waals surface area contributed by atoms with Crippen LogP contribution >= 0.6 is 11.6 Å². The summed E-state index contributed by atoms with van der Waals surface area (Å²) in [5.41, 5.74) is 0. The lowest BCUT2D eigenvalue weighted by molar-refractivity contribution is 0.122. The topological polar surface area (TPSA) is 70.5 Å². The predicted octanol–water partition coefficient (Wildman–Crippen LogP) is 1.29. The van der Waals surface area contributed by atoms with E-state index in [1.165, 1.54) is 0 Å². The molecule has 0 bridgehead atoms. The number of morpholine rings is 1. The van der Waals surface area contributed by atoms with Crippen molar-refractivity contribution in [3.05, 3.63) is 11.2 Å². The van der Waals surface area contributed by atoms with Crippen LogP contribution < -0.4 is 10.2 Å². The van der Waals surface area contributed by atoms with Crippen LogP contribution in [0.1, 0.15) is 19.3 Å². The molecule has 1 aromatic heterocycles. The molecule has 0 radical (unpaired) electrons. The molecule has 7 heteroatoms. The average Bonchev–Trinajstić information content (AvgIpc) is 2.84. The summed E-state index contributed by atoms with van der Waals surface area (Å²) in [6.07, 6.45) is 2.28. The Hall–Kier alpha value is -1.11. The minimum absolute atomic E-state index is 0.217. The minimum atomic E-state index is -0.217. The molecule has 2 fully saturated rings. The monoisotopic (exact) mass is 298 g/mol. The lowest BCUT2D eigenvalue weighted by atomic mass is 10.2. The summed E-state index contributed by atoms with van der Waals surface area (Å²) in [6, 6.07) is 2.00. The van der Waals surface area contributed by atoms with Gasteiger partial charge in [0.25, 0.3) is 0 Å². The molecule has 0 amide bonds. The van der Waals surface area contributed by atoms with Gasteiger partial charge in [0.05, 0.1) is 19.3 Å². The summed E-state index contributed by atoms with van der Waals surface area (Å²) in [7, 11) is 0. The molecule has 1 saturated heterocycles. The van der Waals surface area contributed by atoms with E-state index in [1.807, 2.05) is 0 Å². The van der Waals surface area contributed by atoms with Gasteiger partial charge in [0.1, 0.15) is 11.0 Å². The highest BCUT2D eigenvalue weighted by molar-refractivity contribution is 6.29. The van der Waals surface area contributed by atoms with Gasteiger partial charge < -0.3 is 20.1 Å². The van der Waals surface area contributed by atoms with E-state index in [-0.39, 0.29) is 12.1 Å². The first-order chi connectivity index (χ1) is 9.70. The number of ether oxygens (including phenoxy) is 1. The Labute approximate surface area is 123 Å². The summed E-state index contributed by atoms with van der Waals surface area (Å²) in [5, 5.41) is 13.3. The van der Waals surface area contributed by atoms with Crippen molar-refractivity contribution in [1.29, 1.82) is 0 Å². The van der Waals surface area contributed by atoms with Crippen LogP contribution in [-0.2, 0) is 4.74 Å². The number of nitrogens with one attached hydrogen (secondary N) is 1. The standard InChI is InChI=1S/C13H19ClN4O2/c14-11-8-12(18-3-5-20-6-4-18)17-13(16-11)15-9-1-2-10(19)7-9/h8-10,19H,1-7H2,(H,15,16,17)/t9-,10-/m0/s1. The van der Waals surface area contributed by atoms with Crippen LogP contribution in [0.3, 0.4) is 0 Å². The van der Waals surface area contributed by atoms with Gasteiger partial charge in [0, 0.05) is 25.2 Å². The van der Waals surface area contributed by atoms with Crippen LogP contribution in [0.25, 0.3) is 0 Å². The second-order valence-corrected chi connectivity index (χ2v) is 5.67. The first kappa shape index (κ1) is 13.9. The van der Waals surface area contributed by atoms with E-state index in [9.17, 15) is 5.11 Å². The maximum atomic E-state index is 9.56. The molecule has 2 N–H and O–H groups in total. The smallest absolute Gasteiger partial charge is 0.226 e. The van der Waals surface area contributed by atoms with E-state index < -0.39 is 0 Å². The van der Waals surface area contributed by atoms with E-state index in [1.54, 1.807) is 6.07 Å². The Kier molecular flexibility index (Phi) is 4.24. The normalized spacial score (nSPS) is 26.8. The second kappa shape index (κ2) is 6.11. The zero-order chi connectivity index (χ0) is 13.9. The van der Waals surface area contributed by atoms with Crippen LogP contribution in [0.2, 0.25) is 5.15 Å². The molecule has 1 saturated carbocycles. The van der Waals surface area contributed by atoms with Gasteiger partial charge in [-0.15, -0.1) is 0 Å². The van der Waals surface area contributed by atoms with Crippen LogP contribution in [0.4, 0.5) is 11.8 Å². The fourth-order valence-electron chi connectivity index (χ4n) is 2.70. The van der Waals surface area contributed by atoms with Crippen LogP contribution in [0.5, 0.6) is 0 Å². The number of rotatable bonds is 3. The number of halogens is 1. The fraction of sp³-hybridized carbons (Fsp3) is 0.692. The van der Waals surface area contributed by atoms with Crippen molar-refractivity contribution in [3.63, 3.8) is 0 Å². The second-order valence-electron chi connectivity index (χ2n) is 5.28. The van der Waals surface area contributed by atoms with Crippen molar-refractivity contribution in [1.82, 2.24) is 9.97 Å². The van der Waals surface area contributed by atoms with Crippen molar-refractivity contribution in [2.45, 2.75) is 31.4 Å². The lowest BCUT2D eigenvalue weighted by Gasteiger charge is -2.28. The van der Waals surface area contributed by atoms with Crippen molar-refractivity contribution >= 4 is 23.4 Å². The summed E-state index contributed by atoms with van der Waals surface area (Å²) in [4.78, 5) is 10.9. The molecule has 0 spiro atoms. The molecule has 1 aliphatic heterocycles. The Morgan fingerprint density at radius 1 is 1.30 bits per heavy atom. The summed E-state index contributed by atoms with van der Waals surface area (Å²) in [5.74, 6) is 1.37. The van der Waals surface area contributed by atoms with E-state index >= 15 is 0 Å². The molecule has 2 atom stereocenters. The first-order valence-electron chi connectivity index (χ1n) is 7.02. The van der Waals surface area contributed by atoms with Gasteiger partial charge in [-0.05, 0) is 19.3 Å². The van der Waals surface area contributed by atoms with Crippen molar-refractivity contribution < 1.29 is 9.84 Å². The Morgan fingerprint density at radius 3 is 2.80 bits per heavy atom. The third-order valence-electron chi connectivity index (χ3n) is 3.75. The van der Waals surface area contributed by atoms with Crippen molar-refractivity contribution in [3.8, 4) is 0 Å². The SMILES string of the molecule is O[C@H]1CC[C@H](Nc2nc(Cl)cc(N3CCOCC3)n2)C1. The van der Waals surface area contributed by atoms with Gasteiger partial charge in [-0.3, -0.25) is 0 Å². The largest absolute Gasteiger partial charge is 0.393 e. The highest BCUT2D eigenvalue weighted by Gasteiger charge is 2.24. The number of aliphatic hydroxyl groups excluding tert-OH is 1. The van der Waals surface area contributed by atoms with Gasteiger partial charge in [-0.1, -0.05) is 11.6 Å². The number of hydrogen-bond acceptors (Lipinski definition) is 6. The molecule has 3 rings (SSSR count). The van der Waals surface area contributed by atoms with Gasteiger partial charge in [0.2, 0.25) is 5.95 Å². The molecule has 1 aromatic rings. The van der Waals surface area contributed by atoms with E-state index in [0.717, 1.165) is 38.2 Å². The Balaban J connectivity index is 1.72. The molecule has 6 nitrogen and oxygen atoms in total. The molecule has 0 unspecified atom stereocenters. The molecule has 110 valence electrons. The molecular formula is C13H19ClN4O2. The average molecular weight is 299 g/mol. The first-order valence-corrected chi connectivity index (χ1v) is 7.40. The van der Waals surface area contributed by atoms with Gasteiger partial charge in [-0.25, -0.2) is 4.98 Å². The number of nitrogens with zero attached hydrogens (tertiary/aromatic N) is 3. The van der Waals surface area contributed by atoms with Crippen LogP contribution in [-0.4, -0.2) is 53.5 Å². The maximum absolute atomic E-state index is 9.56. The zero-order valence-electron chi connectivity index (χ0n) is 11.3. The molecule has 20 heavy (non-hydrogen) atoms. The number of aliphatic hydroxyl groups is 1. The van der Waals surface area contributed by atoms with Gasteiger partial charge >= 0.3 is 0 Å². The zero-order valence-corrected chi connectivity index (χ0v) is 12.0. The molecule has 2 heterocycles. The highest BCUT2D eigenvalue weighted by atomic mass is 35.5. The third kappa shape index (κ3) is 3.31. The summed E-state index contributed by atoms with van der Waals surface area (Å²) >= 11 is 6.08. The van der Waals surface area contributed by atoms with Crippen molar-refractivity contribution in [2.75, 3.05) is 36.5 Å². The fourth-order valence-corrected chi connectivity index (χ4v) is 2.87. The minimum Gasteiger partial charge on any atom is -0.393 e. The Bertz CT molecular complexity index is 468. The highest BCUT2D eigenvalue weighted by Crippen LogP contribution is 2.24. The van der Waals surface area contributed by atoms with Gasteiger partial charge in [-0.2, -0.15) is 4.98 Å². The van der Waals surface area contributed by atoms with E-state index in [0.29, 0.717) is 24.3 Å². The van der Waals surface area contributed by atoms with Gasteiger partial charge in [0.15, 0.2) is 0 Å². The molecule has 2 aliphatic rings. The summed E-state index contributed by atoms with van der Waals surface area (Å²) in [6.45, 7) is 3.04. The maximum Gasteiger partial charge on any atom is 0.226 e. The van der Waals surface area contributed by atoms with Crippen LogP contribution in [0.15, 0.2) is 6.07 Å². The third-order valence-corrected chi connectivity index (χ3v) is 3.95. The number of anilines is 2. The number of hydrogen-bond donors (Lipinski definition) is 2. The summed E-state index contributed by atoms with van der Waals surface area (Å²) < 4.78 is 5.34. The number of aromatic nitrogens is 2.